The van der Waals surface area contributed by atoms with E-state index in [0.29, 0.717) is 11.8 Å². The van der Waals surface area contributed by atoms with Crippen LogP contribution in [-0.2, 0) is 0 Å². The van der Waals surface area contributed by atoms with Crippen LogP contribution in [0, 0.1) is 0 Å². The highest BCUT2D eigenvalue weighted by molar-refractivity contribution is 5.92. The highest BCUT2D eigenvalue weighted by atomic mass is 14.9. The summed E-state index contributed by atoms with van der Waals surface area (Å²) in [7, 11) is 0. The third kappa shape index (κ3) is 2.89. The van der Waals surface area contributed by atoms with Crippen molar-refractivity contribution < 1.29 is 0 Å². The van der Waals surface area contributed by atoms with Crippen LogP contribution in [0.3, 0.4) is 0 Å². The predicted molar refractivity (Wildman–Crippen MR) is 84.1 cm³/mol. The molecule has 2 aromatic rings. The summed E-state index contributed by atoms with van der Waals surface area (Å²) in [5.41, 5.74) is 4.82. The molecule has 0 spiro atoms. The molecule has 0 radical (unpaired) electrons. The van der Waals surface area contributed by atoms with Gasteiger partial charge in [0.15, 0.2) is 0 Å². The number of nitrogens with one attached hydrogen (secondary N) is 1. The van der Waals surface area contributed by atoms with Gasteiger partial charge in [-0.05, 0) is 42.5 Å². The van der Waals surface area contributed by atoms with E-state index in [4.69, 9.17) is 4.98 Å². The van der Waals surface area contributed by atoms with E-state index in [-0.39, 0.29) is 0 Å². The number of nitrogens with zero attached hydrogens (tertiary/aromatic N) is 1. The van der Waals surface area contributed by atoms with E-state index in [1.807, 2.05) is 0 Å². The minimum absolute atomic E-state index is 0.451. The number of hydrogen-bond acceptors (Lipinski definition) is 2. The van der Waals surface area contributed by atoms with Gasteiger partial charge in [0.25, 0.3) is 0 Å². The molecular weight excluding hydrogens is 232 g/mol. The molecule has 1 aromatic carbocycles. The van der Waals surface area contributed by atoms with Gasteiger partial charge in [-0.3, -0.25) is 4.98 Å². The molecule has 19 heavy (non-hydrogen) atoms. The Bertz CT molecular complexity index is 571. The van der Waals surface area contributed by atoms with Gasteiger partial charge in [-0.1, -0.05) is 33.8 Å². The van der Waals surface area contributed by atoms with Crippen molar-refractivity contribution in [3.8, 4) is 0 Å². The predicted octanol–water partition coefficient (Wildman–Crippen LogP) is 4.91. The molecule has 0 unspecified atom stereocenters. The lowest BCUT2D eigenvalue weighted by Crippen LogP contribution is -2.02. The van der Waals surface area contributed by atoms with Crippen LogP contribution in [0.5, 0.6) is 0 Å². The van der Waals surface area contributed by atoms with E-state index in [1.165, 1.54) is 16.6 Å². The van der Waals surface area contributed by atoms with E-state index in [0.717, 1.165) is 17.8 Å². The van der Waals surface area contributed by atoms with Crippen LogP contribution in [0.15, 0.2) is 24.3 Å². The SMILES string of the molecule is CCNc1cc(C(C)C)nc2ccc(C(C)C)cc12. The van der Waals surface area contributed by atoms with Crippen molar-refractivity contribution in [1.29, 1.82) is 0 Å². The average Bonchev–Trinajstić information content (AvgIpc) is 2.38. The lowest BCUT2D eigenvalue weighted by atomic mass is 9.99. The molecule has 0 aliphatic rings. The van der Waals surface area contributed by atoms with Crippen molar-refractivity contribution in [2.45, 2.75) is 46.5 Å². The second kappa shape index (κ2) is 5.60. The average molecular weight is 256 g/mol. The number of benzene rings is 1. The first-order chi connectivity index (χ1) is 9.02. The Labute approximate surface area is 116 Å². The summed E-state index contributed by atoms with van der Waals surface area (Å²) < 4.78 is 0. The first kappa shape index (κ1) is 13.9. The van der Waals surface area contributed by atoms with E-state index >= 15 is 0 Å². The summed E-state index contributed by atoms with van der Waals surface area (Å²) in [6.07, 6.45) is 0. The van der Waals surface area contributed by atoms with Crippen LogP contribution in [0.4, 0.5) is 5.69 Å². The third-order valence-corrected chi connectivity index (χ3v) is 3.48. The summed E-state index contributed by atoms with van der Waals surface area (Å²) in [6.45, 7) is 11.9. The van der Waals surface area contributed by atoms with Crippen LogP contribution in [0.1, 0.15) is 57.7 Å². The largest absolute Gasteiger partial charge is 0.385 e. The van der Waals surface area contributed by atoms with Crippen molar-refractivity contribution in [2.24, 2.45) is 0 Å². The smallest absolute Gasteiger partial charge is 0.0726 e. The fraction of sp³-hybridized carbons (Fsp3) is 0.471. The fourth-order valence-electron chi connectivity index (χ4n) is 2.26. The zero-order valence-electron chi connectivity index (χ0n) is 12.6. The van der Waals surface area contributed by atoms with Gasteiger partial charge >= 0.3 is 0 Å². The van der Waals surface area contributed by atoms with Gasteiger partial charge in [-0.2, -0.15) is 0 Å². The molecule has 1 N–H and O–H groups in total. The van der Waals surface area contributed by atoms with Crippen molar-refractivity contribution in [1.82, 2.24) is 4.98 Å². The van der Waals surface area contributed by atoms with Gasteiger partial charge in [-0.15, -0.1) is 0 Å². The van der Waals surface area contributed by atoms with Gasteiger partial charge in [0.05, 0.1) is 5.52 Å². The Morgan fingerprint density at radius 3 is 2.37 bits per heavy atom. The zero-order chi connectivity index (χ0) is 14.0. The Hall–Kier alpha value is -1.57. The minimum Gasteiger partial charge on any atom is -0.385 e. The van der Waals surface area contributed by atoms with Gasteiger partial charge in [0, 0.05) is 23.3 Å². The van der Waals surface area contributed by atoms with E-state index in [9.17, 15) is 0 Å². The van der Waals surface area contributed by atoms with E-state index in [1.54, 1.807) is 0 Å². The quantitative estimate of drug-likeness (QED) is 0.840. The van der Waals surface area contributed by atoms with Crippen molar-refractivity contribution in [2.75, 3.05) is 11.9 Å². The molecule has 0 bridgehead atoms. The molecule has 1 aromatic heterocycles. The molecule has 2 rings (SSSR count). The maximum Gasteiger partial charge on any atom is 0.0726 e. The maximum atomic E-state index is 4.78. The molecule has 0 amide bonds. The number of hydrogen-bond donors (Lipinski definition) is 1. The Morgan fingerprint density at radius 1 is 1.05 bits per heavy atom. The molecule has 0 atom stereocenters. The molecule has 0 aliphatic heterocycles. The highest BCUT2D eigenvalue weighted by Gasteiger charge is 2.09. The minimum atomic E-state index is 0.451. The molecule has 2 heteroatoms. The number of anilines is 1. The van der Waals surface area contributed by atoms with E-state index in [2.05, 4.69) is 64.2 Å². The first-order valence-electron chi connectivity index (χ1n) is 7.21. The number of aromatic nitrogens is 1. The van der Waals surface area contributed by atoms with Crippen molar-refractivity contribution in [3.63, 3.8) is 0 Å². The summed E-state index contributed by atoms with van der Waals surface area (Å²) >= 11 is 0. The third-order valence-electron chi connectivity index (χ3n) is 3.48. The first-order valence-corrected chi connectivity index (χ1v) is 7.21. The standard InChI is InChI=1S/C17H24N2/c1-6-18-17-10-16(12(4)5)19-15-8-7-13(11(2)3)9-14(15)17/h7-12H,6H2,1-5H3,(H,18,19). The van der Waals surface area contributed by atoms with Gasteiger partial charge in [0.1, 0.15) is 0 Å². The zero-order valence-corrected chi connectivity index (χ0v) is 12.6. The summed E-state index contributed by atoms with van der Waals surface area (Å²) in [6, 6.07) is 8.81. The van der Waals surface area contributed by atoms with Gasteiger partial charge in [0.2, 0.25) is 0 Å². The Balaban J connectivity index is 2.64. The van der Waals surface area contributed by atoms with Crippen LogP contribution in [0.2, 0.25) is 0 Å². The van der Waals surface area contributed by atoms with Crippen LogP contribution in [-0.4, -0.2) is 11.5 Å². The summed E-state index contributed by atoms with van der Waals surface area (Å²) in [5.74, 6) is 0.996. The number of pyridine rings is 1. The van der Waals surface area contributed by atoms with Crippen LogP contribution < -0.4 is 5.32 Å². The molecular formula is C17H24N2. The molecule has 2 nitrogen and oxygen atoms in total. The normalized spacial score (nSPS) is 11.5. The second-order valence-electron chi connectivity index (χ2n) is 5.71. The fourth-order valence-corrected chi connectivity index (χ4v) is 2.26. The maximum absolute atomic E-state index is 4.78. The second-order valence-corrected chi connectivity index (χ2v) is 5.71. The lowest BCUT2D eigenvalue weighted by Gasteiger charge is -2.14. The van der Waals surface area contributed by atoms with Crippen LogP contribution >= 0.6 is 0 Å². The van der Waals surface area contributed by atoms with Crippen molar-refractivity contribution in [3.05, 3.63) is 35.5 Å². The summed E-state index contributed by atoms with van der Waals surface area (Å²) in [4.78, 5) is 4.78. The number of fused-ring (bicyclic) bond motifs is 1. The number of rotatable bonds is 4. The summed E-state index contributed by atoms with van der Waals surface area (Å²) in [5, 5.41) is 4.71. The van der Waals surface area contributed by atoms with Gasteiger partial charge in [-0.25, -0.2) is 0 Å². The lowest BCUT2D eigenvalue weighted by molar-refractivity contribution is 0.829. The molecule has 0 saturated carbocycles. The molecule has 1 heterocycles. The Morgan fingerprint density at radius 2 is 1.79 bits per heavy atom. The van der Waals surface area contributed by atoms with E-state index < -0.39 is 0 Å². The molecule has 0 aliphatic carbocycles. The Kier molecular flexibility index (Phi) is 4.08. The highest BCUT2D eigenvalue weighted by Crippen LogP contribution is 2.29. The van der Waals surface area contributed by atoms with Gasteiger partial charge < -0.3 is 5.32 Å². The molecule has 0 saturated heterocycles. The monoisotopic (exact) mass is 256 g/mol. The van der Waals surface area contributed by atoms with Crippen molar-refractivity contribution >= 4 is 16.6 Å². The molecule has 0 fully saturated rings. The molecule has 102 valence electrons. The topological polar surface area (TPSA) is 24.9 Å². The van der Waals surface area contributed by atoms with Crippen LogP contribution in [0.25, 0.3) is 10.9 Å².